The second kappa shape index (κ2) is 7.63. The van der Waals surface area contributed by atoms with Crippen LogP contribution >= 0.6 is 11.6 Å². The molecule has 0 bridgehead atoms. The van der Waals surface area contributed by atoms with E-state index in [2.05, 4.69) is 19.3 Å². The van der Waals surface area contributed by atoms with Gasteiger partial charge in [0.05, 0.1) is 12.5 Å². The maximum absolute atomic E-state index is 12.8. The molecule has 0 spiro atoms. The van der Waals surface area contributed by atoms with Crippen LogP contribution in [-0.2, 0) is 9.59 Å². The van der Waals surface area contributed by atoms with E-state index in [1.54, 1.807) is 12.1 Å². The molecule has 1 saturated heterocycles. The molecule has 22 heavy (non-hydrogen) atoms. The molecule has 1 aromatic rings. The van der Waals surface area contributed by atoms with Gasteiger partial charge >= 0.3 is 0 Å². The van der Waals surface area contributed by atoms with Crippen LogP contribution in [0.1, 0.15) is 57.6 Å². The number of hydrogen-bond acceptors (Lipinski definition) is 2. The second-order valence-corrected chi connectivity index (χ2v) is 6.23. The Labute approximate surface area is 136 Å². The number of carbonyl (C=O) groups is 2. The van der Waals surface area contributed by atoms with E-state index < -0.39 is 0 Å². The molecule has 2 rings (SSSR count). The van der Waals surface area contributed by atoms with E-state index in [0.717, 1.165) is 31.2 Å². The highest BCUT2D eigenvalue weighted by atomic mass is 35.5. The quantitative estimate of drug-likeness (QED) is 0.864. The molecular formula is C17H23ClN2O2. The summed E-state index contributed by atoms with van der Waals surface area (Å²) in [4.78, 5) is 24.6. The molecule has 0 radical (unpaired) electrons. The Morgan fingerprint density at radius 3 is 2.41 bits per heavy atom. The molecule has 5 heteroatoms. The fourth-order valence-corrected chi connectivity index (χ4v) is 3.10. The zero-order valence-electron chi connectivity index (χ0n) is 13.1. The topological polar surface area (TPSA) is 49.4 Å². The predicted octanol–water partition coefficient (Wildman–Crippen LogP) is 3.86. The summed E-state index contributed by atoms with van der Waals surface area (Å²) in [6, 6.07) is 7.09. The van der Waals surface area contributed by atoms with Gasteiger partial charge in [0.15, 0.2) is 0 Å². The third kappa shape index (κ3) is 3.80. The van der Waals surface area contributed by atoms with Crippen molar-refractivity contribution in [2.45, 2.75) is 52.0 Å². The molecule has 120 valence electrons. The van der Waals surface area contributed by atoms with Crippen LogP contribution in [-0.4, -0.2) is 16.8 Å². The van der Waals surface area contributed by atoms with Gasteiger partial charge in [-0.15, -0.1) is 0 Å². The van der Waals surface area contributed by atoms with E-state index in [1.165, 1.54) is 5.01 Å². The summed E-state index contributed by atoms with van der Waals surface area (Å²) in [6.07, 6.45) is 3.94. The monoisotopic (exact) mass is 322 g/mol. The molecule has 1 aromatic carbocycles. The Morgan fingerprint density at radius 1 is 1.27 bits per heavy atom. The second-order valence-electron chi connectivity index (χ2n) is 5.79. The van der Waals surface area contributed by atoms with Crippen LogP contribution in [0.15, 0.2) is 24.3 Å². The maximum Gasteiger partial charge on any atom is 0.244 e. The summed E-state index contributed by atoms with van der Waals surface area (Å²) in [5.41, 5.74) is 3.66. The average molecular weight is 323 g/mol. The molecular weight excluding hydrogens is 300 g/mol. The molecule has 0 aliphatic carbocycles. The molecule has 2 amide bonds. The first-order valence-corrected chi connectivity index (χ1v) is 8.32. The van der Waals surface area contributed by atoms with Crippen molar-refractivity contribution in [1.29, 1.82) is 0 Å². The van der Waals surface area contributed by atoms with Gasteiger partial charge in [-0.05, 0) is 30.5 Å². The van der Waals surface area contributed by atoms with Crippen molar-refractivity contribution in [1.82, 2.24) is 10.4 Å². The number of carbonyl (C=O) groups excluding carboxylic acids is 2. The lowest BCUT2D eigenvalue weighted by Crippen LogP contribution is -2.43. The largest absolute Gasteiger partial charge is 0.273 e. The van der Waals surface area contributed by atoms with Crippen LogP contribution in [0.3, 0.4) is 0 Å². The lowest BCUT2D eigenvalue weighted by molar-refractivity contribution is -0.142. The number of amides is 2. The van der Waals surface area contributed by atoms with Gasteiger partial charge in [0.1, 0.15) is 0 Å². The Kier molecular flexibility index (Phi) is 5.83. The highest BCUT2D eigenvalue weighted by molar-refractivity contribution is 6.30. The van der Waals surface area contributed by atoms with E-state index in [4.69, 9.17) is 11.6 Å². The van der Waals surface area contributed by atoms with E-state index in [-0.39, 0.29) is 23.8 Å². The minimum absolute atomic E-state index is 0.0227. The van der Waals surface area contributed by atoms with E-state index in [0.29, 0.717) is 11.4 Å². The van der Waals surface area contributed by atoms with Gasteiger partial charge in [0.2, 0.25) is 11.8 Å². The Balaban J connectivity index is 2.20. The summed E-state index contributed by atoms with van der Waals surface area (Å²) in [6.45, 7) is 4.16. The van der Waals surface area contributed by atoms with Crippen molar-refractivity contribution in [2.75, 3.05) is 0 Å². The van der Waals surface area contributed by atoms with Gasteiger partial charge in [0.25, 0.3) is 0 Å². The summed E-state index contributed by atoms with van der Waals surface area (Å²) in [5, 5.41) is 2.18. The summed E-state index contributed by atoms with van der Waals surface area (Å²) < 4.78 is 0. The minimum Gasteiger partial charge on any atom is -0.273 e. The fourth-order valence-electron chi connectivity index (χ4n) is 2.97. The van der Waals surface area contributed by atoms with E-state index in [9.17, 15) is 9.59 Å². The Hall–Kier alpha value is -1.55. The molecule has 1 atom stereocenters. The molecule has 1 fully saturated rings. The number of rotatable bonds is 6. The highest BCUT2D eigenvalue weighted by Crippen LogP contribution is 2.31. The molecule has 4 nitrogen and oxygen atoms in total. The number of halogens is 1. The van der Waals surface area contributed by atoms with Crippen LogP contribution in [0.5, 0.6) is 0 Å². The first kappa shape index (κ1) is 16.8. The maximum atomic E-state index is 12.8. The van der Waals surface area contributed by atoms with Crippen molar-refractivity contribution < 1.29 is 9.59 Å². The lowest BCUT2D eigenvalue weighted by Gasteiger charge is -2.28. The first-order valence-electron chi connectivity index (χ1n) is 7.94. The van der Waals surface area contributed by atoms with Gasteiger partial charge in [-0.3, -0.25) is 15.0 Å². The van der Waals surface area contributed by atoms with Crippen molar-refractivity contribution in [3.63, 3.8) is 0 Å². The highest BCUT2D eigenvalue weighted by Gasteiger charge is 2.37. The van der Waals surface area contributed by atoms with Crippen LogP contribution in [0.25, 0.3) is 0 Å². The van der Waals surface area contributed by atoms with Crippen molar-refractivity contribution in [3.8, 4) is 0 Å². The van der Waals surface area contributed by atoms with E-state index >= 15 is 0 Å². The minimum atomic E-state index is -0.242. The van der Waals surface area contributed by atoms with Crippen molar-refractivity contribution >= 4 is 23.4 Å². The SMILES string of the molecule is CCCC(CCC)C(=O)N1NC(=O)CC1c1ccc(Cl)cc1. The van der Waals surface area contributed by atoms with Crippen molar-refractivity contribution in [2.24, 2.45) is 5.92 Å². The van der Waals surface area contributed by atoms with Crippen LogP contribution in [0.2, 0.25) is 5.02 Å². The number of hydrazine groups is 1. The number of nitrogens with zero attached hydrogens (tertiary/aromatic N) is 1. The summed E-state index contributed by atoms with van der Waals surface area (Å²) >= 11 is 5.92. The van der Waals surface area contributed by atoms with Gasteiger partial charge in [-0.25, -0.2) is 5.01 Å². The summed E-state index contributed by atoms with van der Waals surface area (Å²) in [5.74, 6) is -0.113. The molecule has 0 saturated carbocycles. The number of nitrogens with one attached hydrogen (secondary N) is 1. The van der Waals surface area contributed by atoms with Gasteiger partial charge in [-0.2, -0.15) is 0 Å². The molecule has 1 N–H and O–H groups in total. The Morgan fingerprint density at radius 2 is 1.86 bits per heavy atom. The third-order valence-electron chi connectivity index (χ3n) is 4.05. The molecule has 1 aliphatic rings. The van der Waals surface area contributed by atoms with E-state index in [1.807, 2.05) is 12.1 Å². The Bertz CT molecular complexity index is 524. The molecule has 1 heterocycles. The smallest absolute Gasteiger partial charge is 0.244 e. The summed E-state index contributed by atoms with van der Waals surface area (Å²) in [7, 11) is 0. The average Bonchev–Trinajstić information content (AvgIpc) is 2.89. The van der Waals surface area contributed by atoms with Crippen LogP contribution < -0.4 is 5.43 Å². The standard InChI is InChI=1S/C17H23ClN2O2/c1-3-5-13(6-4-2)17(22)20-15(11-16(21)19-20)12-7-9-14(18)10-8-12/h7-10,13,15H,3-6,11H2,1-2H3,(H,19,21). The van der Waals surface area contributed by atoms with Gasteiger partial charge in [0, 0.05) is 10.9 Å². The molecule has 1 unspecified atom stereocenters. The number of benzene rings is 1. The van der Waals surface area contributed by atoms with Crippen molar-refractivity contribution in [3.05, 3.63) is 34.9 Å². The molecule has 0 aromatic heterocycles. The zero-order chi connectivity index (χ0) is 16.1. The fraction of sp³-hybridized carbons (Fsp3) is 0.529. The van der Waals surface area contributed by atoms with Crippen LogP contribution in [0, 0.1) is 5.92 Å². The zero-order valence-corrected chi connectivity index (χ0v) is 13.9. The number of hydrogen-bond donors (Lipinski definition) is 1. The third-order valence-corrected chi connectivity index (χ3v) is 4.30. The molecule has 1 aliphatic heterocycles. The lowest BCUT2D eigenvalue weighted by atomic mass is 9.95. The van der Waals surface area contributed by atoms with Gasteiger partial charge in [-0.1, -0.05) is 50.4 Å². The van der Waals surface area contributed by atoms with Crippen LogP contribution in [0.4, 0.5) is 0 Å². The normalized spacial score (nSPS) is 17.9. The predicted molar refractivity (Wildman–Crippen MR) is 87.1 cm³/mol. The first-order chi connectivity index (χ1) is 10.6. The van der Waals surface area contributed by atoms with Gasteiger partial charge < -0.3 is 0 Å².